The van der Waals surface area contributed by atoms with Crippen LogP contribution in [0.5, 0.6) is 0 Å². The number of nitrogens with two attached hydrogens (primary N) is 1. The van der Waals surface area contributed by atoms with Gasteiger partial charge in [0.15, 0.2) is 6.10 Å². The summed E-state index contributed by atoms with van der Waals surface area (Å²) in [5.74, 6) is 0.196. The number of para-hydroxylation sites is 2. The van der Waals surface area contributed by atoms with Crippen molar-refractivity contribution in [1.29, 1.82) is 0 Å². The first-order valence-electron chi connectivity index (χ1n) is 11.5. The molecule has 1 aromatic heterocycles. The third-order valence-corrected chi connectivity index (χ3v) is 5.36. The summed E-state index contributed by atoms with van der Waals surface area (Å²) in [6, 6.07) is 23.9. The number of H-pyrrole nitrogens is 1. The van der Waals surface area contributed by atoms with Crippen LogP contribution in [-0.2, 0) is 27.4 Å². The van der Waals surface area contributed by atoms with Crippen molar-refractivity contribution in [3.63, 3.8) is 0 Å². The van der Waals surface area contributed by atoms with Gasteiger partial charge in [-0.3, -0.25) is 4.79 Å². The van der Waals surface area contributed by atoms with E-state index in [4.69, 9.17) is 15.2 Å². The molecule has 4 N–H and O–H groups in total. The van der Waals surface area contributed by atoms with Gasteiger partial charge in [0.05, 0.1) is 11.0 Å². The number of aromatic nitrogens is 2. The van der Waals surface area contributed by atoms with E-state index in [1.165, 1.54) is 0 Å². The van der Waals surface area contributed by atoms with Crippen molar-refractivity contribution in [3.05, 3.63) is 101 Å². The molecule has 0 saturated heterocycles. The SMILES string of the molecule is CCOC(C(=O)NCc1ccc(/C(N)=N/C(=O)OCc2ccccc2)cc1)c1nc2ccccc2[nH]1. The number of hydrogen-bond acceptors (Lipinski definition) is 5. The number of ether oxygens (including phenoxy) is 2. The van der Waals surface area contributed by atoms with Crippen molar-refractivity contribution in [1.82, 2.24) is 15.3 Å². The van der Waals surface area contributed by atoms with Crippen LogP contribution in [0.1, 0.15) is 35.5 Å². The van der Waals surface area contributed by atoms with Gasteiger partial charge in [-0.15, -0.1) is 0 Å². The summed E-state index contributed by atoms with van der Waals surface area (Å²) in [6.07, 6.45) is -1.62. The number of carbonyl (C=O) groups excluding carboxylic acids is 2. The molecule has 4 aromatic rings. The predicted molar refractivity (Wildman–Crippen MR) is 136 cm³/mol. The molecular formula is C27H27N5O4. The lowest BCUT2D eigenvalue weighted by Gasteiger charge is -2.15. The van der Waals surface area contributed by atoms with Crippen LogP contribution in [0.4, 0.5) is 4.79 Å². The third kappa shape index (κ3) is 6.34. The largest absolute Gasteiger partial charge is 0.443 e. The number of aromatic amines is 1. The lowest BCUT2D eigenvalue weighted by atomic mass is 10.1. The lowest BCUT2D eigenvalue weighted by molar-refractivity contribution is -0.133. The fourth-order valence-electron chi connectivity index (χ4n) is 3.53. The highest BCUT2D eigenvalue weighted by Gasteiger charge is 2.24. The van der Waals surface area contributed by atoms with Crippen LogP contribution in [0.25, 0.3) is 11.0 Å². The number of rotatable bonds is 9. The Labute approximate surface area is 208 Å². The predicted octanol–water partition coefficient (Wildman–Crippen LogP) is 4.00. The van der Waals surface area contributed by atoms with Crippen LogP contribution in [0.15, 0.2) is 83.9 Å². The van der Waals surface area contributed by atoms with E-state index in [-0.39, 0.29) is 24.9 Å². The van der Waals surface area contributed by atoms with Crippen molar-refractivity contribution < 1.29 is 19.1 Å². The molecule has 0 spiro atoms. The third-order valence-electron chi connectivity index (χ3n) is 5.36. The van der Waals surface area contributed by atoms with E-state index in [2.05, 4.69) is 20.3 Å². The van der Waals surface area contributed by atoms with Crippen molar-refractivity contribution >= 4 is 28.9 Å². The quantitative estimate of drug-likeness (QED) is 0.243. The number of amides is 2. The summed E-state index contributed by atoms with van der Waals surface area (Å²) in [5, 5.41) is 2.88. The van der Waals surface area contributed by atoms with Gasteiger partial charge in [0, 0.05) is 18.7 Å². The first-order chi connectivity index (χ1) is 17.5. The second-order valence-corrected chi connectivity index (χ2v) is 7.93. The number of aliphatic imine (C=N–C) groups is 1. The van der Waals surface area contributed by atoms with E-state index in [9.17, 15) is 9.59 Å². The summed E-state index contributed by atoms with van der Waals surface area (Å²) in [6.45, 7) is 2.58. The van der Waals surface area contributed by atoms with Gasteiger partial charge >= 0.3 is 6.09 Å². The first kappa shape index (κ1) is 24.6. The van der Waals surface area contributed by atoms with E-state index in [1.54, 1.807) is 24.3 Å². The van der Waals surface area contributed by atoms with Crippen molar-refractivity contribution in [2.45, 2.75) is 26.2 Å². The Kier molecular flexibility index (Phi) is 8.05. The topological polar surface area (TPSA) is 132 Å². The van der Waals surface area contributed by atoms with E-state index in [0.717, 1.165) is 22.2 Å². The van der Waals surface area contributed by atoms with Crippen LogP contribution in [0, 0.1) is 0 Å². The zero-order chi connectivity index (χ0) is 25.3. The minimum absolute atomic E-state index is 0.0462. The number of carbonyl (C=O) groups is 2. The number of hydrogen-bond donors (Lipinski definition) is 3. The highest BCUT2D eigenvalue weighted by Crippen LogP contribution is 2.19. The van der Waals surface area contributed by atoms with Gasteiger partial charge in [-0.25, -0.2) is 9.78 Å². The minimum atomic E-state index is -0.855. The fourth-order valence-corrected chi connectivity index (χ4v) is 3.53. The van der Waals surface area contributed by atoms with Crippen LogP contribution in [0.2, 0.25) is 0 Å². The van der Waals surface area contributed by atoms with Crippen LogP contribution >= 0.6 is 0 Å². The Morgan fingerprint density at radius 1 is 1.00 bits per heavy atom. The number of amidine groups is 1. The molecule has 0 bridgehead atoms. The zero-order valence-corrected chi connectivity index (χ0v) is 19.8. The van der Waals surface area contributed by atoms with E-state index in [1.807, 2.05) is 61.5 Å². The molecule has 9 heteroatoms. The van der Waals surface area contributed by atoms with Crippen LogP contribution < -0.4 is 11.1 Å². The molecule has 2 amide bonds. The number of nitrogens with one attached hydrogen (secondary N) is 2. The maximum Gasteiger partial charge on any atom is 0.435 e. The molecule has 36 heavy (non-hydrogen) atoms. The smallest absolute Gasteiger partial charge is 0.435 e. The van der Waals surface area contributed by atoms with Crippen molar-refractivity contribution in [2.75, 3.05) is 6.61 Å². The van der Waals surface area contributed by atoms with Gasteiger partial charge < -0.3 is 25.5 Å². The Morgan fingerprint density at radius 2 is 1.72 bits per heavy atom. The normalized spacial score (nSPS) is 12.3. The minimum Gasteiger partial charge on any atom is -0.443 e. The molecule has 0 aliphatic heterocycles. The Bertz CT molecular complexity index is 1320. The molecule has 9 nitrogen and oxygen atoms in total. The maximum absolute atomic E-state index is 12.9. The van der Waals surface area contributed by atoms with Gasteiger partial charge in [0.25, 0.3) is 5.91 Å². The summed E-state index contributed by atoms with van der Waals surface area (Å²) in [4.78, 5) is 36.3. The van der Waals surface area contributed by atoms with Crippen LogP contribution in [0.3, 0.4) is 0 Å². The van der Waals surface area contributed by atoms with Gasteiger partial charge in [-0.1, -0.05) is 66.7 Å². The lowest BCUT2D eigenvalue weighted by Crippen LogP contribution is -2.31. The second kappa shape index (κ2) is 11.8. The van der Waals surface area contributed by atoms with Crippen molar-refractivity contribution in [3.8, 4) is 0 Å². The fraction of sp³-hybridized carbons (Fsp3) is 0.185. The molecule has 184 valence electrons. The Balaban J connectivity index is 1.33. The molecule has 4 rings (SSSR count). The van der Waals surface area contributed by atoms with E-state index in [0.29, 0.717) is 18.0 Å². The number of benzene rings is 3. The van der Waals surface area contributed by atoms with Gasteiger partial charge in [0.1, 0.15) is 18.3 Å². The van der Waals surface area contributed by atoms with Gasteiger partial charge in [-0.2, -0.15) is 4.99 Å². The average molecular weight is 486 g/mol. The molecule has 0 saturated carbocycles. The maximum atomic E-state index is 12.9. The number of nitrogens with zero attached hydrogens (tertiary/aromatic N) is 2. The van der Waals surface area contributed by atoms with Crippen molar-refractivity contribution in [2.24, 2.45) is 10.7 Å². The molecule has 0 aliphatic rings. The number of fused-ring (bicyclic) bond motifs is 1. The molecule has 1 heterocycles. The molecule has 1 unspecified atom stereocenters. The molecule has 3 aromatic carbocycles. The van der Waals surface area contributed by atoms with Crippen LogP contribution in [-0.4, -0.2) is 34.4 Å². The van der Waals surface area contributed by atoms with E-state index < -0.39 is 12.2 Å². The summed E-state index contributed by atoms with van der Waals surface area (Å²) >= 11 is 0. The summed E-state index contributed by atoms with van der Waals surface area (Å²) in [7, 11) is 0. The van der Waals surface area contributed by atoms with Gasteiger partial charge in [-0.05, 0) is 30.2 Å². The summed E-state index contributed by atoms with van der Waals surface area (Å²) in [5.41, 5.74) is 9.83. The monoisotopic (exact) mass is 485 g/mol. The second-order valence-electron chi connectivity index (χ2n) is 7.93. The average Bonchev–Trinajstić information content (AvgIpc) is 3.34. The Hall–Kier alpha value is -4.50. The zero-order valence-electron chi connectivity index (χ0n) is 19.8. The van der Waals surface area contributed by atoms with E-state index >= 15 is 0 Å². The molecule has 1 atom stereocenters. The highest BCUT2D eigenvalue weighted by molar-refractivity contribution is 6.02. The van der Waals surface area contributed by atoms with Gasteiger partial charge in [0.2, 0.25) is 0 Å². The standard InChI is InChI=1S/C27H27N5O4/c1-2-35-23(25-30-21-10-6-7-11-22(21)31-25)26(33)29-16-18-12-14-20(15-13-18)24(28)32-27(34)36-17-19-8-4-3-5-9-19/h3-15,23H,2,16-17H2,1H3,(H,29,33)(H,30,31)(H2,28,32,34). The molecular weight excluding hydrogens is 458 g/mol. The first-order valence-corrected chi connectivity index (χ1v) is 11.5. The molecule has 0 fully saturated rings. The molecule has 0 aliphatic carbocycles. The Morgan fingerprint density at radius 3 is 2.44 bits per heavy atom. The molecule has 0 radical (unpaired) electrons. The number of imidazole rings is 1. The highest BCUT2D eigenvalue weighted by atomic mass is 16.5. The summed E-state index contributed by atoms with van der Waals surface area (Å²) < 4.78 is 10.8.